The number of sulfone groups is 1. The quantitative estimate of drug-likeness (QED) is 0.713. The van der Waals surface area contributed by atoms with Gasteiger partial charge in [-0.1, -0.05) is 25.0 Å². The van der Waals surface area contributed by atoms with E-state index in [-0.39, 0.29) is 16.8 Å². The van der Waals surface area contributed by atoms with Crippen LogP contribution in [0.1, 0.15) is 35.8 Å². The summed E-state index contributed by atoms with van der Waals surface area (Å²) < 4.78 is 26.1. The summed E-state index contributed by atoms with van der Waals surface area (Å²) in [4.78, 5) is 24.7. The number of hydrogen-bond acceptors (Lipinski definition) is 6. The molecule has 26 heavy (non-hydrogen) atoms. The van der Waals surface area contributed by atoms with Crippen LogP contribution in [0.4, 0.5) is 0 Å². The summed E-state index contributed by atoms with van der Waals surface area (Å²) in [5, 5.41) is 7.78. The van der Waals surface area contributed by atoms with E-state index in [9.17, 15) is 18.0 Å². The molecule has 0 spiro atoms. The van der Waals surface area contributed by atoms with Crippen LogP contribution in [0.3, 0.4) is 0 Å². The molecule has 1 aliphatic rings. The SMILES string of the molecule is O=C(NC[C@@H](c1cccs1)S(=O)(=O)c1cccs1)C(=O)NC1CCCC1. The normalized spacial score (nSPS) is 16.3. The lowest BCUT2D eigenvalue weighted by atomic mass is 10.2. The molecule has 2 aromatic heterocycles. The van der Waals surface area contributed by atoms with E-state index in [1.807, 2.05) is 0 Å². The first-order valence-corrected chi connectivity index (χ1v) is 11.7. The topological polar surface area (TPSA) is 92.3 Å². The Hall–Kier alpha value is -1.71. The predicted molar refractivity (Wildman–Crippen MR) is 102 cm³/mol. The fourth-order valence-electron chi connectivity index (χ4n) is 2.99. The summed E-state index contributed by atoms with van der Waals surface area (Å²) in [5.41, 5.74) is 0. The molecule has 6 nitrogen and oxygen atoms in total. The van der Waals surface area contributed by atoms with Gasteiger partial charge < -0.3 is 10.6 Å². The van der Waals surface area contributed by atoms with Crippen molar-refractivity contribution >= 4 is 44.3 Å². The van der Waals surface area contributed by atoms with Gasteiger partial charge in [-0.05, 0) is 35.7 Å². The van der Waals surface area contributed by atoms with Crippen LogP contribution in [0, 0.1) is 0 Å². The van der Waals surface area contributed by atoms with Gasteiger partial charge in [0, 0.05) is 17.5 Å². The van der Waals surface area contributed by atoms with Crippen molar-refractivity contribution in [1.29, 1.82) is 0 Å². The third kappa shape index (κ3) is 4.33. The zero-order valence-electron chi connectivity index (χ0n) is 14.0. The smallest absolute Gasteiger partial charge is 0.309 e. The lowest BCUT2D eigenvalue weighted by molar-refractivity contribution is -0.139. The van der Waals surface area contributed by atoms with Gasteiger partial charge in [0.15, 0.2) is 9.84 Å². The molecule has 2 N–H and O–H groups in total. The highest BCUT2D eigenvalue weighted by atomic mass is 32.2. The summed E-state index contributed by atoms with van der Waals surface area (Å²) in [6, 6.07) is 6.76. The van der Waals surface area contributed by atoms with E-state index >= 15 is 0 Å². The summed E-state index contributed by atoms with van der Waals surface area (Å²) in [5.74, 6) is -1.49. The fourth-order valence-corrected chi connectivity index (χ4v) is 6.98. The third-order valence-corrected chi connectivity index (χ3v) is 9.00. The van der Waals surface area contributed by atoms with Crippen molar-refractivity contribution in [3.05, 3.63) is 39.9 Å². The number of hydrogen-bond donors (Lipinski definition) is 2. The molecule has 2 aromatic rings. The second kappa shape index (κ2) is 8.32. The molecule has 140 valence electrons. The van der Waals surface area contributed by atoms with Crippen LogP contribution in [0.2, 0.25) is 0 Å². The summed E-state index contributed by atoms with van der Waals surface area (Å²) in [6.45, 7) is -0.141. The lowest BCUT2D eigenvalue weighted by Crippen LogP contribution is -2.45. The van der Waals surface area contributed by atoms with Gasteiger partial charge in [0.2, 0.25) is 0 Å². The van der Waals surface area contributed by atoms with E-state index in [0.29, 0.717) is 4.88 Å². The molecule has 0 aromatic carbocycles. The molecule has 0 aliphatic heterocycles. The Morgan fingerprint density at radius 1 is 1.08 bits per heavy atom. The minimum absolute atomic E-state index is 0.0381. The van der Waals surface area contributed by atoms with Crippen LogP contribution >= 0.6 is 22.7 Å². The second-order valence-corrected chi connectivity index (χ2v) is 10.4. The minimum atomic E-state index is -3.64. The van der Waals surface area contributed by atoms with Gasteiger partial charge in [0.25, 0.3) is 0 Å². The fraction of sp³-hybridized carbons (Fsp3) is 0.412. The van der Waals surface area contributed by atoms with Crippen molar-refractivity contribution in [2.24, 2.45) is 0 Å². The summed E-state index contributed by atoms with van der Waals surface area (Å²) in [6.07, 6.45) is 3.85. The maximum Gasteiger partial charge on any atom is 0.309 e. The molecular weight excluding hydrogens is 392 g/mol. The Morgan fingerprint density at radius 3 is 2.38 bits per heavy atom. The highest BCUT2D eigenvalue weighted by molar-refractivity contribution is 7.93. The van der Waals surface area contributed by atoms with E-state index in [4.69, 9.17) is 0 Å². The Kier molecular flexibility index (Phi) is 6.10. The molecule has 1 fully saturated rings. The van der Waals surface area contributed by atoms with Crippen LogP contribution < -0.4 is 10.6 Å². The van der Waals surface area contributed by atoms with E-state index in [2.05, 4.69) is 10.6 Å². The molecule has 3 rings (SSSR count). The number of nitrogens with one attached hydrogen (secondary N) is 2. The number of rotatable bonds is 6. The van der Waals surface area contributed by atoms with Gasteiger partial charge in [-0.3, -0.25) is 9.59 Å². The average molecular weight is 413 g/mol. The van der Waals surface area contributed by atoms with Gasteiger partial charge in [0.05, 0.1) is 0 Å². The summed E-state index contributed by atoms with van der Waals surface area (Å²) in [7, 11) is -3.64. The molecule has 1 atom stereocenters. The molecule has 0 saturated heterocycles. The van der Waals surface area contributed by atoms with Crippen LogP contribution in [0.5, 0.6) is 0 Å². The maximum atomic E-state index is 12.9. The molecule has 9 heteroatoms. The molecule has 2 amide bonds. The van der Waals surface area contributed by atoms with Crippen molar-refractivity contribution in [2.45, 2.75) is 41.2 Å². The molecule has 1 saturated carbocycles. The van der Waals surface area contributed by atoms with Gasteiger partial charge in [0.1, 0.15) is 9.46 Å². The maximum absolute atomic E-state index is 12.9. The largest absolute Gasteiger partial charge is 0.346 e. The van der Waals surface area contributed by atoms with Gasteiger partial charge in [-0.25, -0.2) is 8.42 Å². The molecule has 0 radical (unpaired) electrons. The van der Waals surface area contributed by atoms with Crippen LogP contribution in [-0.2, 0) is 19.4 Å². The first-order chi connectivity index (χ1) is 12.5. The number of thiophene rings is 2. The van der Waals surface area contributed by atoms with Crippen molar-refractivity contribution < 1.29 is 18.0 Å². The predicted octanol–water partition coefficient (Wildman–Crippen LogP) is 2.50. The lowest BCUT2D eigenvalue weighted by Gasteiger charge is -2.17. The Labute approximate surface area is 160 Å². The van der Waals surface area contributed by atoms with Crippen LogP contribution in [0.25, 0.3) is 0 Å². The van der Waals surface area contributed by atoms with Gasteiger partial charge in [-0.2, -0.15) is 0 Å². The van der Waals surface area contributed by atoms with Gasteiger partial charge >= 0.3 is 11.8 Å². The van der Waals surface area contributed by atoms with Gasteiger partial charge in [-0.15, -0.1) is 22.7 Å². The number of carbonyl (C=O) groups is 2. The van der Waals surface area contributed by atoms with E-state index in [1.54, 1.807) is 35.0 Å². The number of amides is 2. The molecule has 0 bridgehead atoms. The van der Waals surface area contributed by atoms with Crippen molar-refractivity contribution in [3.63, 3.8) is 0 Å². The Morgan fingerprint density at radius 2 is 1.77 bits per heavy atom. The highest BCUT2D eigenvalue weighted by Crippen LogP contribution is 2.33. The first-order valence-electron chi connectivity index (χ1n) is 8.38. The van der Waals surface area contributed by atoms with E-state index < -0.39 is 26.9 Å². The first kappa shape index (κ1) is 19.1. The van der Waals surface area contributed by atoms with Crippen molar-refractivity contribution in [1.82, 2.24) is 10.6 Å². The Bertz CT molecular complexity index is 839. The van der Waals surface area contributed by atoms with Crippen LogP contribution in [-0.4, -0.2) is 32.8 Å². The molecule has 1 aliphatic carbocycles. The molecular formula is C17H20N2O4S3. The highest BCUT2D eigenvalue weighted by Gasteiger charge is 2.32. The average Bonchev–Trinajstić information content (AvgIpc) is 3.37. The van der Waals surface area contributed by atoms with Crippen LogP contribution in [0.15, 0.2) is 39.2 Å². The minimum Gasteiger partial charge on any atom is -0.346 e. The monoisotopic (exact) mass is 412 g/mol. The zero-order chi connectivity index (χ0) is 18.6. The van der Waals surface area contributed by atoms with E-state index in [1.165, 1.54) is 11.3 Å². The molecule has 0 unspecified atom stereocenters. The standard InChI is InChI=1S/C17H20N2O4S3/c20-16(17(21)19-12-5-1-2-6-12)18-11-14(13-7-3-9-24-13)26(22,23)15-8-4-10-25-15/h3-4,7-10,12,14H,1-2,5-6,11H2,(H,18,20)(H,19,21)/t14-/m0/s1. The van der Waals surface area contributed by atoms with Crippen molar-refractivity contribution in [3.8, 4) is 0 Å². The zero-order valence-corrected chi connectivity index (χ0v) is 16.5. The molecule has 2 heterocycles. The van der Waals surface area contributed by atoms with E-state index in [0.717, 1.165) is 37.0 Å². The van der Waals surface area contributed by atoms with Crippen molar-refractivity contribution in [2.75, 3.05) is 6.54 Å². The second-order valence-electron chi connectivity index (χ2n) is 6.15. The third-order valence-electron chi connectivity index (χ3n) is 4.36. The number of carbonyl (C=O) groups excluding carboxylic acids is 2. The Balaban J connectivity index is 1.69. The summed E-state index contributed by atoms with van der Waals surface area (Å²) >= 11 is 2.46.